The van der Waals surface area contributed by atoms with E-state index in [1.165, 1.54) is 0 Å². The standard InChI is InChI=1S/C10H16O2/c1-8(11)7-10(2)6-4-3-5-9(10)12/h3-7H2,1-2H3. The van der Waals surface area contributed by atoms with Gasteiger partial charge in [-0.15, -0.1) is 0 Å². The van der Waals surface area contributed by atoms with Crippen LogP contribution in [0.5, 0.6) is 0 Å². The highest BCUT2D eigenvalue weighted by Gasteiger charge is 2.35. The van der Waals surface area contributed by atoms with Crippen LogP contribution in [0.4, 0.5) is 0 Å². The SMILES string of the molecule is CC(=O)CC1(C)CCCCC1=O. The molecule has 0 N–H and O–H groups in total. The van der Waals surface area contributed by atoms with E-state index < -0.39 is 0 Å². The van der Waals surface area contributed by atoms with E-state index in [0.29, 0.717) is 12.8 Å². The van der Waals surface area contributed by atoms with Crippen molar-refractivity contribution in [3.8, 4) is 0 Å². The smallest absolute Gasteiger partial charge is 0.139 e. The summed E-state index contributed by atoms with van der Waals surface area (Å²) in [7, 11) is 0. The molecule has 0 heterocycles. The van der Waals surface area contributed by atoms with Crippen LogP contribution in [-0.4, -0.2) is 11.6 Å². The van der Waals surface area contributed by atoms with Crippen molar-refractivity contribution in [3.05, 3.63) is 0 Å². The maximum atomic E-state index is 11.5. The van der Waals surface area contributed by atoms with Gasteiger partial charge in [0.25, 0.3) is 0 Å². The summed E-state index contributed by atoms with van der Waals surface area (Å²) < 4.78 is 0. The van der Waals surface area contributed by atoms with Crippen molar-refractivity contribution in [1.29, 1.82) is 0 Å². The fourth-order valence-electron chi connectivity index (χ4n) is 1.98. The third-order valence-corrected chi connectivity index (χ3v) is 2.69. The van der Waals surface area contributed by atoms with E-state index in [1.54, 1.807) is 6.92 Å². The quantitative estimate of drug-likeness (QED) is 0.633. The number of carbonyl (C=O) groups excluding carboxylic acids is 2. The van der Waals surface area contributed by atoms with E-state index in [0.717, 1.165) is 19.3 Å². The lowest BCUT2D eigenvalue weighted by Crippen LogP contribution is -2.32. The number of Topliss-reactive ketones (excluding diaryl/α,β-unsaturated/α-hetero) is 2. The Hall–Kier alpha value is -0.660. The minimum absolute atomic E-state index is 0.132. The molecule has 0 aromatic carbocycles. The highest BCUT2D eigenvalue weighted by molar-refractivity contribution is 5.90. The summed E-state index contributed by atoms with van der Waals surface area (Å²) in [5, 5.41) is 0. The molecule has 0 aromatic heterocycles. The van der Waals surface area contributed by atoms with Gasteiger partial charge in [0.15, 0.2) is 0 Å². The molecule has 1 saturated carbocycles. The Morgan fingerprint density at radius 2 is 2.17 bits per heavy atom. The van der Waals surface area contributed by atoms with Crippen molar-refractivity contribution in [2.24, 2.45) is 5.41 Å². The van der Waals surface area contributed by atoms with E-state index in [2.05, 4.69) is 0 Å². The summed E-state index contributed by atoms with van der Waals surface area (Å²) in [4.78, 5) is 22.4. The van der Waals surface area contributed by atoms with Crippen molar-refractivity contribution >= 4 is 11.6 Å². The molecule has 0 radical (unpaired) electrons. The van der Waals surface area contributed by atoms with E-state index >= 15 is 0 Å². The van der Waals surface area contributed by atoms with Crippen molar-refractivity contribution in [2.45, 2.75) is 46.0 Å². The largest absolute Gasteiger partial charge is 0.300 e. The van der Waals surface area contributed by atoms with Gasteiger partial charge in [0.2, 0.25) is 0 Å². The maximum Gasteiger partial charge on any atom is 0.139 e. The zero-order chi connectivity index (χ0) is 9.19. The van der Waals surface area contributed by atoms with Crippen LogP contribution in [-0.2, 0) is 9.59 Å². The maximum absolute atomic E-state index is 11.5. The topological polar surface area (TPSA) is 34.1 Å². The van der Waals surface area contributed by atoms with Crippen LogP contribution < -0.4 is 0 Å². The molecule has 0 bridgehead atoms. The Labute approximate surface area is 73.3 Å². The molecule has 1 aliphatic rings. The highest BCUT2D eigenvalue weighted by Crippen LogP contribution is 2.35. The fraction of sp³-hybridized carbons (Fsp3) is 0.800. The summed E-state index contributed by atoms with van der Waals surface area (Å²) in [5.41, 5.74) is -0.329. The Balaban J connectivity index is 2.66. The molecule has 1 atom stereocenters. The Morgan fingerprint density at radius 1 is 1.50 bits per heavy atom. The van der Waals surface area contributed by atoms with Gasteiger partial charge >= 0.3 is 0 Å². The molecule has 0 spiro atoms. The fourth-order valence-corrected chi connectivity index (χ4v) is 1.98. The average Bonchev–Trinajstić information content (AvgIpc) is 1.94. The molecule has 1 rings (SSSR count). The van der Waals surface area contributed by atoms with Crippen molar-refractivity contribution in [2.75, 3.05) is 0 Å². The molecule has 1 aliphatic carbocycles. The molecule has 2 heteroatoms. The minimum atomic E-state index is -0.329. The van der Waals surface area contributed by atoms with Crippen LogP contribution in [0.15, 0.2) is 0 Å². The molecule has 1 fully saturated rings. The molecule has 0 aliphatic heterocycles. The normalized spacial score (nSPS) is 30.3. The first-order valence-corrected chi connectivity index (χ1v) is 4.57. The van der Waals surface area contributed by atoms with Gasteiger partial charge < -0.3 is 0 Å². The predicted octanol–water partition coefficient (Wildman–Crippen LogP) is 2.11. The molecule has 68 valence electrons. The highest BCUT2D eigenvalue weighted by atomic mass is 16.1. The summed E-state index contributed by atoms with van der Waals surface area (Å²) in [6, 6.07) is 0. The first-order chi connectivity index (χ1) is 5.54. The number of rotatable bonds is 2. The molecule has 1 unspecified atom stereocenters. The molecular formula is C10H16O2. The summed E-state index contributed by atoms with van der Waals surface area (Å²) in [5.74, 6) is 0.414. The molecule has 0 aromatic rings. The van der Waals surface area contributed by atoms with E-state index in [-0.39, 0.29) is 17.0 Å². The molecular weight excluding hydrogens is 152 g/mol. The Bertz CT molecular complexity index is 208. The summed E-state index contributed by atoms with van der Waals surface area (Å²) in [6.45, 7) is 3.49. The summed E-state index contributed by atoms with van der Waals surface area (Å²) >= 11 is 0. The van der Waals surface area contributed by atoms with Crippen LogP contribution in [0.2, 0.25) is 0 Å². The molecule has 0 saturated heterocycles. The first kappa shape index (κ1) is 9.43. The monoisotopic (exact) mass is 168 g/mol. The second-order valence-electron chi connectivity index (χ2n) is 4.07. The van der Waals surface area contributed by atoms with Gasteiger partial charge in [-0.25, -0.2) is 0 Å². The lowest BCUT2D eigenvalue weighted by molar-refractivity contribution is -0.134. The zero-order valence-corrected chi connectivity index (χ0v) is 7.85. The number of carbonyl (C=O) groups is 2. The molecule has 0 amide bonds. The number of hydrogen-bond acceptors (Lipinski definition) is 2. The van der Waals surface area contributed by atoms with E-state index in [1.807, 2.05) is 6.92 Å². The Kier molecular flexibility index (Phi) is 2.65. The lowest BCUT2D eigenvalue weighted by atomic mass is 9.72. The molecule has 12 heavy (non-hydrogen) atoms. The van der Waals surface area contributed by atoms with Crippen LogP contribution in [0.25, 0.3) is 0 Å². The van der Waals surface area contributed by atoms with Crippen LogP contribution in [0, 0.1) is 5.41 Å². The zero-order valence-electron chi connectivity index (χ0n) is 7.85. The van der Waals surface area contributed by atoms with Gasteiger partial charge in [-0.3, -0.25) is 9.59 Å². The second-order valence-corrected chi connectivity index (χ2v) is 4.07. The first-order valence-electron chi connectivity index (χ1n) is 4.57. The third-order valence-electron chi connectivity index (χ3n) is 2.69. The van der Waals surface area contributed by atoms with Gasteiger partial charge in [0.05, 0.1) is 0 Å². The van der Waals surface area contributed by atoms with E-state index in [4.69, 9.17) is 0 Å². The van der Waals surface area contributed by atoms with Crippen LogP contribution in [0.3, 0.4) is 0 Å². The predicted molar refractivity (Wildman–Crippen MR) is 46.9 cm³/mol. The average molecular weight is 168 g/mol. The minimum Gasteiger partial charge on any atom is -0.300 e. The summed E-state index contributed by atoms with van der Waals surface area (Å²) in [6.07, 6.45) is 4.10. The van der Waals surface area contributed by atoms with Crippen molar-refractivity contribution in [1.82, 2.24) is 0 Å². The van der Waals surface area contributed by atoms with Gasteiger partial charge in [0, 0.05) is 18.3 Å². The second kappa shape index (κ2) is 3.38. The van der Waals surface area contributed by atoms with Gasteiger partial charge in [0.1, 0.15) is 11.6 Å². The number of ketones is 2. The molecule has 2 nitrogen and oxygen atoms in total. The number of hydrogen-bond donors (Lipinski definition) is 0. The third kappa shape index (κ3) is 1.93. The van der Waals surface area contributed by atoms with Crippen molar-refractivity contribution in [3.63, 3.8) is 0 Å². The van der Waals surface area contributed by atoms with Crippen LogP contribution in [0.1, 0.15) is 46.0 Å². The Morgan fingerprint density at radius 3 is 2.67 bits per heavy atom. The van der Waals surface area contributed by atoms with Gasteiger partial charge in [-0.2, -0.15) is 0 Å². The van der Waals surface area contributed by atoms with Crippen LogP contribution >= 0.6 is 0 Å². The van der Waals surface area contributed by atoms with Gasteiger partial charge in [-0.1, -0.05) is 13.3 Å². The van der Waals surface area contributed by atoms with Crippen molar-refractivity contribution < 1.29 is 9.59 Å². The lowest BCUT2D eigenvalue weighted by Gasteiger charge is -2.30. The van der Waals surface area contributed by atoms with E-state index in [9.17, 15) is 9.59 Å². The van der Waals surface area contributed by atoms with Gasteiger partial charge in [-0.05, 0) is 19.8 Å².